The lowest BCUT2D eigenvalue weighted by Crippen LogP contribution is -2.45. The van der Waals surface area contributed by atoms with Gasteiger partial charge in [-0.2, -0.15) is 0 Å². The summed E-state index contributed by atoms with van der Waals surface area (Å²) in [5.41, 5.74) is 1.21. The Balaban J connectivity index is 1.68. The van der Waals surface area contributed by atoms with E-state index in [9.17, 15) is 9.59 Å². The molecule has 0 unspecified atom stereocenters. The number of likely N-dealkylation sites (tertiary alicyclic amines) is 1. The normalized spacial score (nSPS) is 15.9. The third-order valence-corrected chi connectivity index (χ3v) is 4.50. The lowest BCUT2D eigenvalue weighted by molar-refractivity contribution is -0.119. The fourth-order valence-corrected chi connectivity index (χ4v) is 3.14. The first kappa shape index (κ1) is 18.6. The Labute approximate surface area is 158 Å². The fraction of sp³-hybridized carbons (Fsp3) is 0.300. The number of nitrogens with one attached hydrogen (secondary N) is 2. The molecule has 3 amide bonds. The van der Waals surface area contributed by atoms with Crippen molar-refractivity contribution in [2.24, 2.45) is 0 Å². The van der Waals surface area contributed by atoms with Crippen LogP contribution in [-0.2, 0) is 4.79 Å². The molecule has 1 saturated heterocycles. The summed E-state index contributed by atoms with van der Waals surface area (Å²) < 4.78 is 10.4. The molecule has 1 aliphatic heterocycles. The van der Waals surface area contributed by atoms with Gasteiger partial charge in [0.15, 0.2) is 0 Å². The van der Waals surface area contributed by atoms with E-state index < -0.39 is 6.04 Å². The van der Waals surface area contributed by atoms with Gasteiger partial charge < -0.3 is 25.0 Å². The number of hydrogen-bond donors (Lipinski definition) is 2. The van der Waals surface area contributed by atoms with Crippen LogP contribution in [0.25, 0.3) is 0 Å². The summed E-state index contributed by atoms with van der Waals surface area (Å²) in [4.78, 5) is 27.0. The number of ether oxygens (including phenoxy) is 2. The van der Waals surface area contributed by atoms with Crippen molar-refractivity contribution in [2.45, 2.75) is 18.9 Å². The molecule has 0 radical (unpaired) electrons. The first-order valence-electron chi connectivity index (χ1n) is 8.78. The van der Waals surface area contributed by atoms with Gasteiger partial charge in [-0.05, 0) is 37.1 Å². The zero-order valence-electron chi connectivity index (χ0n) is 15.4. The summed E-state index contributed by atoms with van der Waals surface area (Å²) in [7, 11) is 3.12. The summed E-state index contributed by atoms with van der Waals surface area (Å²) in [6.07, 6.45) is 1.39. The van der Waals surface area contributed by atoms with Gasteiger partial charge in [-0.25, -0.2) is 4.79 Å². The molecule has 0 aromatic heterocycles. The van der Waals surface area contributed by atoms with E-state index in [1.54, 1.807) is 55.5 Å². The van der Waals surface area contributed by atoms with Crippen LogP contribution >= 0.6 is 0 Å². The third-order valence-electron chi connectivity index (χ3n) is 4.50. The van der Waals surface area contributed by atoms with Crippen molar-refractivity contribution >= 4 is 23.3 Å². The number of urea groups is 1. The average molecular weight is 369 g/mol. The topological polar surface area (TPSA) is 79.9 Å². The number of carbonyl (C=O) groups excluding carboxylic acids is 2. The Morgan fingerprint density at radius 3 is 2.63 bits per heavy atom. The predicted octanol–water partition coefficient (Wildman–Crippen LogP) is 3.34. The monoisotopic (exact) mass is 369 g/mol. The molecule has 1 heterocycles. The fourth-order valence-electron chi connectivity index (χ4n) is 3.14. The molecule has 7 nitrogen and oxygen atoms in total. The molecule has 0 spiro atoms. The van der Waals surface area contributed by atoms with E-state index in [-0.39, 0.29) is 11.9 Å². The molecule has 7 heteroatoms. The summed E-state index contributed by atoms with van der Waals surface area (Å²) in [6, 6.07) is 13.5. The Morgan fingerprint density at radius 1 is 1.04 bits per heavy atom. The van der Waals surface area contributed by atoms with E-state index in [4.69, 9.17) is 9.47 Å². The standard InChI is InChI=1S/C20H23N3O4/c1-26-15-8-5-7-14(13-15)21-19(24)17-10-6-12-23(17)20(25)22-16-9-3-4-11-18(16)27-2/h3-5,7-9,11,13,17H,6,10,12H2,1-2H3,(H,21,24)(H,22,25)/t17-/m1/s1. The van der Waals surface area contributed by atoms with Gasteiger partial charge in [-0.1, -0.05) is 18.2 Å². The Bertz CT molecular complexity index is 824. The van der Waals surface area contributed by atoms with Crippen LogP contribution in [0.3, 0.4) is 0 Å². The number of hydrogen-bond acceptors (Lipinski definition) is 4. The van der Waals surface area contributed by atoms with Crippen molar-refractivity contribution in [1.82, 2.24) is 4.90 Å². The van der Waals surface area contributed by atoms with Crippen LogP contribution in [0.5, 0.6) is 11.5 Å². The SMILES string of the molecule is COc1cccc(NC(=O)[C@H]2CCCN2C(=O)Nc2ccccc2OC)c1. The minimum absolute atomic E-state index is 0.212. The van der Waals surface area contributed by atoms with Gasteiger partial charge in [-0.15, -0.1) is 0 Å². The van der Waals surface area contributed by atoms with Crippen molar-refractivity contribution < 1.29 is 19.1 Å². The van der Waals surface area contributed by atoms with E-state index in [2.05, 4.69) is 10.6 Å². The zero-order chi connectivity index (χ0) is 19.2. The number of nitrogens with zero attached hydrogens (tertiary/aromatic N) is 1. The van der Waals surface area contributed by atoms with Gasteiger partial charge in [-0.3, -0.25) is 4.79 Å². The maximum Gasteiger partial charge on any atom is 0.322 e. The van der Waals surface area contributed by atoms with Gasteiger partial charge in [0.25, 0.3) is 0 Å². The number of para-hydroxylation sites is 2. The quantitative estimate of drug-likeness (QED) is 0.847. The van der Waals surface area contributed by atoms with E-state index in [0.29, 0.717) is 35.8 Å². The van der Waals surface area contributed by atoms with Gasteiger partial charge >= 0.3 is 6.03 Å². The number of carbonyl (C=O) groups is 2. The molecule has 0 bridgehead atoms. The molecule has 27 heavy (non-hydrogen) atoms. The van der Waals surface area contributed by atoms with Crippen molar-refractivity contribution in [3.05, 3.63) is 48.5 Å². The average Bonchev–Trinajstić information content (AvgIpc) is 3.19. The third kappa shape index (κ3) is 4.31. The van der Waals surface area contributed by atoms with E-state index in [0.717, 1.165) is 6.42 Å². The largest absolute Gasteiger partial charge is 0.497 e. The molecule has 0 aliphatic carbocycles. The smallest absolute Gasteiger partial charge is 0.322 e. The molecular weight excluding hydrogens is 346 g/mol. The number of anilines is 2. The maximum absolute atomic E-state index is 12.7. The van der Waals surface area contributed by atoms with Crippen molar-refractivity contribution in [3.8, 4) is 11.5 Å². The molecule has 1 aliphatic rings. The first-order valence-corrected chi connectivity index (χ1v) is 8.78. The van der Waals surface area contributed by atoms with Crippen molar-refractivity contribution in [3.63, 3.8) is 0 Å². The van der Waals surface area contributed by atoms with Crippen molar-refractivity contribution in [1.29, 1.82) is 0 Å². The molecule has 2 aromatic rings. The van der Waals surface area contributed by atoms with Crippen LogP contribution in [-0.4, -0.2) is 43.6 Å². The highest BCUT2D eigenvalue weighted by atomic mass is 16.5. The molecule has 1 fully saturated rings. The second kappa shape index (κ2) is 8.44. The minimum Gasteiger partial charge on any atom is -0.497 e. The highest BCUT2D eigenvalue weighted by Crippen LogP contribution is 2.26. The zero-order valence-corrected chi connectivity index (χ0v) is 15.4. The van der Waals surface area contributed by atoms with Crippen LogP contribution in [0.2, 0.25) is 0 Å². The highest BCUT2D eigenvalue weighted by molar-refractivity contribution is 6.00. The van der Waals surface area contributed by atoms with Gasteiger partial charge in [0.05, 0.1) is 19.9 Å². The molecule has 0 saturated carbocycles. The maximum atomic E-state index is 12.7. The Morgan fingerprint density at radius 2 is 1.85 bits per heavy atom. The highest BCUT2D eigenvalue weighted by Gasteiger charge is 2.34. The summed E-state index contributed by atoms with van der Waals surface area (Å²) in [5, 5.41) is 5.70. The van der Waals surface area contributed by atoms with Crippen LogP contribution in [0, 0.1) is 0 Å². The van der Waals surface area contributed by atoms with Gasteiger partial charge in [0.2, 0.25) is 5.91 Å². The summed E-state index contributed by atoms with van der Waals surface area (Å²) in [5.74, 6) is 1.02. The number of amides is 3. The Hall–Kier alpha value is -3.22. The number of rotatable bonds is 5. The first-order chi connectivity index (χ1) is 13.1. The molecule has 3 rings (SSSR count). The van der Waals surface area contributed by atoms with E-state index in [1.165, 1.54) is 0 Å². The molecule has 2 N–H and O–H groups in total. The van der Waals surface area contributed by atoms with Crippen LogP contribution in [0.1, 0.15) is 12.8 Å². The molecular formula is C20H23N3O4. The molecule has 1 atom stereocenters. The molecule has 142 valence electrons. The van der Waals surface area contributed by atoms with Crippen LogP contribution in [0.4, 0.5) is 16.2 Å². The second-order valence-corrected chi connectivity index (χ2v) is 6.20. The lowest BCUT2D eigenvalue weighted by Gasteiger charge is -2.24. The number of benzene rings is 2. The summed E-state index contributed by atoms with van der Waals surface area (Å²) in [6.45, 7) is 0.525. The van der Waals surface area contributed by atoms with Gasteiger partial charge in [0.1, 0.15) is 17.5 Å². The second-order valence-electron chi connectivity index (χ2n) is 6.20. The van der Waals surface area contributed by atoms with Gasteiger partial charge in [0, 0.05) is 18.3 Å². The lowest BCUT2D eigenvalue weighted by atomic mass is 10.2. The summed E-state index contributed by atoms with van der Waals surface area (Å²) >= 11 is 0. The van der Waals surface area contributed by atoms with Crippen molar-refractivity contribution in [2.75, 3.05) is 31.4 Å². The van der Waals surface area contributed by atoms with Crippen LogP contribution in [0.15, 0.2) is 48.5 Å². The number of methoxy groups -OCH3 is 2. The minimum atomic E-state index is -0.522. The van der Waals surface area contributed by atoms with E-state index in [1.807, 2.05) is 12.1 Å². The Kier molecular flexibility index (Phi) is 5.80. The van der Waals surface area contributed by atoms with E-state index >= 15 is 0 Å². The predicted molar refractivity (Wildman–Crippen MR) is 103 cm³/mol. The van der Waals surface area contributed by atoms with Crippen LogP contribution < -0.4 is 20.1 Å². The molecule has 2 aromatic carbocycles.